The zero-order chi connectivity index (χ0) is 20.7. The molecule has 0 bridgehead atoms. The first-order valence-electron chi connectivity index (χ1n) is 9.73. The van der Waals surface area contributed by atoms with E-state index >= 15 is 0 Å². The Balaban J connectivity index is 0.000000202. The predicted octanol–water partition coefficient (Wildman–Crippen LogP) is 6.07. The molecule has 27 heavy (non-hydrogen) atoms. The molecule has 3 aliphatic rings. The van der Waals surface area contributed by atoms with Gasteiger partial charge in [-0.25, -0.2) is 0 Å². The molecule has 0 spiro atoms. The van der Waals surface area contributed by atoms with Crippen LogP contribution < -0.4 is 11.2 Å². The molecule has 0 heterocycles. The van der Waals surface area contributed by atoms with Crippen LogP contribution in [0.25, 0.3) is 0 Å². The van der Waals surface area contributed by atoms with Gasteiger partial charge in [0.2, 0.25) is 0 Å². The normalized spacial score (nSPS) is 19.4. The molecule has 0 aromatic carbocycles. The molecule has 0 aromatic heterocycles. The van der Waals surface area contributed by atoms with Crippen molar-refractivity contribution in [2.75, 3.05) is 0 Å². The van der Waals surface area contributed by atoms with Crippen molar-refractivity contribution in [3.05, 3.63) is 72.9 Å². The Morgan fingerprint density at radius 1 is 0.407 bits per heavy atom. The number of hydrogen-bond acceptors (Lipinski definition) is 3. The molecule has 0 amide bonds. The fraction of sp³-hybridized carbons (Fsp3) is 0.429. The molecule has 0 aromatic rings. The van der Waals surface area contributed by atoms with Crippen molar-refractivity contribution in [2.45, 2.75) is 39.1 Å². The first-order valence-corrected chi connectivity index (χ1v) is 43.7. The van der Waals surface area contributed by atoms with Crippen LogP contribution in [0.3, 0.4) is 0 Å². The van der Waals surface area contributed by atoms with Gasteiger partial charge in [-0.3, -0.25) is 0 Å². The number of hydrogen-bond donors (Lipinski definition) is 3. The molecule has 0 radical (unpaired) electrons. The Hall–Kier alpha value is 0.930. The third kappa shape index (κ3) is 10.5. The van der Waals surface area contributed by atoms with E-state index in [-0.39, 0.29) is 0 Å². The molecule has 150 valence electrons. The van der Waals surface area contributed by atoms with Crippen molar-refractivity contribution in [1.82, 2.24) is 0 Å². The minimum absolute atomic E-state index is 0.650. The summed E-state index contributed by atoms with van der Waals surface area (Å²) in [6.45, 7) is 0. The van der Waals surface area contributed by atoms with E-state index in [2.05, 4.69) is 101 Å². The number of allylic oxidation sites excluding steroid dienone is 12. The average molecular weight is 869 g/mol. The molecular weight excluding hydrogens is 830 g/mol. The van der Waals surface area contributed by atoms with Crippen LogP contribution in [0.4, 0.5) is 0 Å². The summed E-state index contributed by atoms with van der Waals surface area (Å²) in [6.07, 6.45) is 25.9. The Bertz CT molecular complexity index is 513. The summed E-state index contributed by atoms with van der Waals surface area (Å²) in [5.41, 5.74) is 0. The van der Waals surface area contributed by atoms with E-state index in [0.29, 0.717) is 11.0 Å². The summed E-state index contributed by atoms with van der Waals surface area (Å²) in [6, 6.07) is 0. The van der Waals surface area contributed by atoms with E-state index < -0.39 is 60.8 Å². The Kier molecular flexibility index (Phi) is 10.9. The Morgan fingerprint density at radius 2 is 0.556 bits per heavy atom. The molecule has 3 nitrogen and oxygen atoms in total. The third-order valence-electron chi connectivity index (χ3n) is 4.82. The quantitative estimate of drug-likeness (QED) is 0.302. The number of rotatable bonds is 3. The SMILES string of the molecule is [CH3][Hf]([CH3])([NH2])[CH]1C=CC=C1.[CH3][Hf]([CH3])([NH2])[CH]1C=CC=C1.[CH3][Hf]([CH3])([NH2])[CH]1C=CC=C1. The maximum atomic E-state index is 6.06. The van der Waals surface area contributed by atoms with Crippen molar-refractivity contribution in [2.24, 2.45) is 11.2 Å². The van der Waals surface area contributed by atoms with Crippen molar-refractivity contribution < 1.29 is 60.8 Å². The standard InChI is InChI=1S/3C5H5.6CH3.3Hf.3H2N/c3*1-2-4-5-3-1;;;;;;;;;;;;/h3*1-5H;6*1H3;;;;3*1H2/q;;;;;;;;;3*+1;3*-1. The Labute approximate surface area is 181 Å². The first kappa shape index (κ1) is 26.0. The molecule has 0 fully saturated rings. The van der Waals surface area contributed by atoms with Gasteiger partial charge in [0.1, 0.15) is 0 Å². The minimum atomic E-state index is -2.18. The van der Waals surface area contributed by atoms with Crippen molar-refractivity contribution in [3.8, 4) is 0 Å². The van der Waals surface area contributed by atoms with Crippen molar-refractivity contribution in [1.29, 1.82) is 0 Å². The van der Waals surface area contributed by atoms with E-state index in [9.17, 15) is 0 Å². The summed E-state index contributed by atoms with van der Waals surface area (Å²) >= 11 is -6.54. The van der Waals surface area contributed by atoms with Crippen LogP contribution in [0.5, 0.6) is 0 Å². The molecular formula is C21H39Hf3N3. The van der Waals surface area contributed by atoms with E-state index in [1.54, 1.807) is 0 Å². The van der Waals surface area contributed by atoms with Gasteiger partial charge in [0.25, 0.3) is 0 Å². The van der Waals surface area contributed by atoms with E-state index in [0.717, 1.165) is 0 Å². The van der Waals surface area contributed by atoms with Gasteiger partial charge in [-0.15, -0.1) is 0 Å². The average Bonchev–Trinajstić information content (AvgIpc) is 3.28. The van der Waals surface area contributed by atoms with Gasteiger partial charge >= 0.3 is 184 Å². The first-order chi connectivity index (χ1) is 12.3. The van der Waals surface area contributed by atoms with Gasteiger partial charge in [0.05, 0.1) is 0 Å². The van der Waals surface area contributed by atoms with Crippen LogP contribution in [0.2, 0.25) is 39.1 Å². The monoisotopic (exact) mass is 873 g/mol. The molecule has 0 aliphatic heterocycles. The second-order valence-corrected chi connectivity index (χ2v) is 55.8. The van der Waals surface area contributed by atoms with E-state index in [1.165, 1.54) is 0 Å². The molecule has 3 rings (SSSR count). The van der Waals surface area contributed by atoms with Crippen LogP contribution in [0, 0.1) is 0 Å². The molecule has 3 aliphatic carbocycles. The maximum absolute atomic E-state index is 6.06. The fourth-order valence-electron chi connectivity index (χ4n) is 2.78. The molecule has 0 unspecified atom stereocenters. The summed E-state index contributed by atoms with van der Waals surface area (Å²) in [5, 5.41) is 0. The van der Waals surface area contributed by atoms with Gasteiger partial charge in [-0.05, 0) is 0 Å². The van der Waals surface area contributed by atoms with Gasteiger partial charge in [0.15, 0.2) is 0 Å². The summed E-state index contributed by atoms with van der Waals surface area (Å²) in [7, 11) is 0. The summed E-state index contributed by atoms with van der Waals surface area (Å²) < 4.78 is 33.7. The van der Waals surface area contributed by atoms with Gasteiger partial charge in [-0.1, -0.05) is 0 Å². The molecule has 0 saturated carbocycles. The van der Waals surface area contributed by atoms with Gasteiger partial charge < -0.3 is 0 Å². The molecule has 6 heteroatoms. The molecule has 6 N–H and O–H groups in total. The number of nitrogens with two attached hydrogens (primary N) is 3. The van der Waals surface area contributed by atoms with Crippen LogP contribution in [-0.2, 0) is 60.8 Å². The van der Waals surface area contributed by atoms with Gasteiger partial charge in [0, 0.05) is 0 Å². The van der Waals surface area contributed by atoms with Crippen molar-refractivity contribution in [3.63, 3.8) is 0 Å². The predicted molar refractivity (Wildman–Crippen MR) is 114 cm³/mol. The zero-order valence-electron chi connectivity index (χ0n) is 17.9. The van der Waals surface area contributed by atoms with Crippen LogP contribution in [0.15, 0.2) is 72.9 Å². The fourth-order valence-corrected chi connectivity index (χ4v) is 15.9. The van der Waals surface area contributed by atoms with Gasteiger partial charge in [-0.2, -0.15) is 0 Å². The molecule has 0 atom stereocenters. The second-order valence-electron chi connectivity index (χ2n) is 9.35. The van der Waals surface area contributed by atoms with Crippen LogP contribution >= 0.6 is 0 Å². The molecule has 0 saturated heterocycles. The second kappa shape index (κ2) is 11.4. The van der Waals surface area contributed by atoms with E-state index in [4.69, 9.17) is 11.2 Å². The van der Waals surface area contributed by atoms with E-state index in [1.807, 2.05) is 0 Å². The summed E-state index contributed by atoms with van der Waals surface area (Å²) in [5.74, 6) is 0. The van der Waals surface area contributed by atoms with Crippen LogP contribution in [0.1, 0.15) is 0 Å². The summed E-state index contributed by atoms with van der Waals surface area (Å²) in [4.78, 5) is 0. The van der Waals surface area contributed by atoms with Crippen LogP contribution in [-0.4, -0.2) is 0 Å². The zero-order valence-corrected chi connectivity index (χ0v) is 28.7. The Morgan fingerprint density at radius 3 is 0.630 bits per heavy atom. The van der Waals surface area contributed by atoms with Crippen molar-refractivity contribution >= 4 is 0 Å². The third-order valence-corrected chi connectivity index (χ3v) is 27.5. The topological polar surface area (TPSA) is 78.1 Å².